The molecular formula is C25H26N6O. The highest BCUT2D eigenvalue weighted by molar-refractivity contribution is 5.94. The fourth-order valence-corrected chi connectivity index (χ4v) is 4.31. The highest BCUT2D eigenvalue weighted by Crippen LogP contribution is 2.30. The smallest absolute Gasteiger partial charge is 0.222 e. The maximum Gasteiger partial charge on any atom is 0.222 e. The summed E-state index contributed by atoms with van der Waals surface area (Å²) in [6, 6.07) is 14.4. The van der Waals surface area contributed by atoms with Gasteiger partial charge in [-0.2, -0.15) is 4.98 Å². The van der Waals surface area contributed by atoms with Gasteiger partial charge in [-0.3, -0.25) is 0 Å². The molecule has 162 valence electrons. The molecule has 4 N–H and O–H groups in total. The van der Waals surface area contributed by atoms with Gasteiger partial charge in [0.2, 0.25) is 5.95 Å². The molecule has 3 aromatic heterocycles. The van der Waals surface area contributed by atoms with E-state index in [-0.39, 0.29) is 5.95 Å². The maximum atomic E-state index is 6.01. The Bertz CT molecular complexity index is 1430. The molecule has 32 heavy (non-hydrogen) atoms. The van der Waals surface area contributed by atoms with Crippen LogP contribution < -0.4 is 15.8 Å². The summed E-state index contributed by atoms with van der Waals surface area (Å²) in [5.74, 6) is 1.87. The molecule has 0 aliphatic heterocycles. The van der Waals surface area contributed by atoms with Crippen LogP contribution in [0.5, 0.6) is 5.75 Å². The second-order valence-corrected chi connectivity index (χ2v) is 8.01. The minimum absolute atomic E-state index is 0.269. The molecule has 0 radical (unpaired) electrons. The highest BCUT2D eigenvalue weighted by Gasteiger charge is 2.14. The molecule has 0 bridgehead atoms. The van der Waals surface area contributed by atoms with Crippen LogP contribution in [0.2, 0.25) is 0 Å². The van der Waals surface area contributed by atoms with Gasteiger partial charge in [0.1, 0.15) is 11.6 Å². The Balaban J connectivity index is 1.48. The Morgan fingerprint density at radius 2 is 1.97 bits per heavy atom. The number of nitrogens with zero attached hydrogens (tertiary/aromatic N) is 3. The zero-order chi connectivity index (χ0) is 22.2. The topological polar surface area (TPSA) is 93.8 Å². The number of hydrogen-bond donors (Lipinski definition) is 3. The van der Waals surface area contributed by atoms with Crippen LogP contribution in [0.1, 0.15) is 16.8 Å². The van der Waals surface area contributed by atoms with Crippen molar-refractivity contribution in [2.45, 2.75) is 19.8 Å². The Morgan fingerprint density at radius 1 is 1.09 bits per heavy atom. The SMILES string of the molecule is COc1ccc2[nH]cc(CCc3c(C)nc(N)nc3Nc3cccc4c3ccn4C)c2c1. The van der Waals surface area contributed by atoms with Crippen LogP contribution in [0.4, 0.5) is 17.5 Å². The molecule has 0 aliphatic carbocycles. The Hall–Kier alpha value is -4.00. The van der Waals surface area contributed by atoms with E-state index in [0.717, 1.165) is 57.8 Å². The van der Waals surface area contributed by atoms with Crippen molar-refractivity contribution in [1.82, 2.24) is 19.5 Å². The summed E-state index contributed by atoms with van der Waals surface area (Å²) in [6.07, 6.45) is 5.74. The van der Waals surface area contributed by atoms with Gasteiger partial charge >= 0.3 is 0 Å². The van der Waals surface area contributed by atoms with Crippen LogP contribution in [0.15, 0.2) is 54.9 Å². The second kappa shape index (κ2) is 7.92. The van der Waals surface area contributed by atoms with Gasteiger partial charge in [-0.05, 0) is 61.7 Å². The van der Waals surface area contributed by atoms with E-state index in [9.17, 15) is 0 Å². The zero-order valence-corrected chi connectivity index (χ0v) is 18.4. The van der Waals surface area contributed by atoms with Gasteiger partial charge < -0.3 is 25.3 Å². The lowest BCUT2D eigenvalue weighted by Crippen LogP contribution is -2.08. The summed E-state index contributed by atoms with van der Waals surface area (Å²) in [4.78, 5) is 12.3. The molecule has 5 rings (SSSR count). The number of nitrogens with one attached hydrogen (secondary N) is 2. The molecule has 2 aromatic carbocycles. The van der Waals surface area contributed by atoms with Crippen LogP contribution >= 0.6 is 0 Å². The van der Waals surface area contributed by atoms with Crippen LogP contribution in [0.3, 0.4) is 0 Å². The number of H-pyrrole nitrogens is 1. The first-order valence-electron chi connectivity index (χ1n) is 10.6. The lowest BCUT2D eigenvalue weighted by molar-refractivity contribution is 0.415. The van der Waals surface area contributed by atoms with Gasteiger partial charge in [-0.15, -0.1) is 0 Å². The third kappa shape index (κ3) is 3.51. The van der Waals surface area contributed by atoms with Gasteiger partial charge in [-0.1, -0.05) is 6.07 Å². The molecule has 0 saturated carbocycles. The molecule has 7 nitrogen and oxygen atoms in total. The van der Waals surface area contributed by atoms with Crippen molar-refractivity contribution in [2.24, 2.45) is 7.05 Å². The minimum atomic E-state index is 0.269. The Morgan fingerprint density at radius 3 is 2.81 bits per heavy atom. The molecule has 0 fully saturated rings. The van der Waals surface area contributed by atoms with Crippen molar-refractivity contribution in [3.8, 4) is 5.75 Å². The predicted molar refractivity (Wildman–Crippen MR) is 130 cm³/mol. The summed E-state index contributed by atoms with van der Waals surface area (Å²) >= 11 is 0. The minimum Gasteiger partial charge on any atom is -0.497 e. The summed E-state index contributed by atoms with van der Waals surface area (Å²) in [5.41, 5.74) is 12.4. The average molecular weight is 427 g/mol. The summed E-state index contributed by atoms with van der Waals surface area (Å²) in [6.45, 7) is 1.99. The molecule has 0 aliphatic rings. The second-order valence-electron chi connectivity index (χ2n) is 8.01. The fourth-order valence-electron chi connectivity index (χ4n) is 4.31. The average Bonchev–Trinajstić information content (AvgIpc) is 3.37. The normalized spacial score (nSPS) is 11.3. The van der Waals surface area contributed by atoms with Gasteiger partial charge in [-0.25, -0.2) is 4.98 Å². The lowest BCUT2D eigenvalue weighted by Gasteiger charge is -2.15. The van der Waals surface area contributed by atoms with E-state index in [0.29, 0.717) is 0 Å². The third-order valence-corrected chi connectivity index (χ3v) is 6.03. The largest absolute Gasteiger partial charge is 0.497 e. The van der Waals surface area contributed by atoms with Crippen molar-refractivity contribution in [1.29, 1.82) is 0 Å². The van der Waals surface area contributed by atoms with Crippen molar-refractivity contribution in [3.05, 3.63) is 71.7 Å². The van der Waals surface area contributed by atoms with Gasteiger partial charge in [0.25, 0.3) is 0 Å². The molecule has 5 aromatic rings. The van der Waals surface area contributed by atoms with E-state index in [4.69, 9.17) is 10.5 Å². The molecule has 3 heterocycles. The van der Waals surface area contributed by atoms with Gasteiger partial charge in [0.15, 0.2) is 0 Å². The number of hydrogen-bond acceptors (Lipinski definition) is 5. The Kier molecular flexibility index (Phi) is 4.93. The lowest BCUT2D eigenvalue weighted by atomic mass is 10.0. The Labute approximate surface area is 186 Å². The predicted octanol–water partition coefficient (Wildman–Crippen LogP) is 4.88. The van der Waals surface area contributed by atoms with E-state index < -0.39 is 0 Å². The van der Waals surface area contributed by atoms with Crippen LogP contribution in [0, 0.1) is 6.92 Å². The van der Waals surface area contributed by atoms with Crippen LogP contribution in [-0.2, 0) is 19.9 Å². The number of ether oxygens (including phenoxy) is 1. The summed E-state index contributed by atoms with van der Waals surface area (Å²) in [7, 11) is 3.73. The van der Waals surface area contributed by atoms with Crippen molar-refractivity contribution >= 4 is 39.3 Å². The van der Waals surface area contributed by atoms with E-state index in [2.05, 4.69) is 61.5 Å². The summed E-state index contributed by atoms with van der Waals surface area (Å²) in [5, 5.41) is 5.83. The fraction of sp³-hybridized carbons (Fsp3) is 0.200. The molecular weight excluding hydrogens is 400 g/mol. The number of fused-ring (bicyclic) bond motifs is 2. The van der Waals surface area contributed by atoms with Crippen LogP contribution in [0.25, 0.3) is 21.8 Å². The number of aryl methyl sites for hydroxylation is 3. The number of nitrogens with two attached hydrogens (primary N) is 1. The third-order valence-electron chi connectivity index (χ3n) is 6.03. The number of aromatic nitrogens is 4. The van der Waals surface area contributed by atoms with E-state index in [1.54, 1.807) is 7.11 Å². The summed E-state index contributed by atoms with van der Waals surface area (Å²) < 4.78 is 7.51. The number of nitrogen functional groups attached to an aromatic ring is 1. The van der Waals surface area contributed by atoms with Crippen molar-refractivity contribution < 1.29 is 4.74 Å². The first-order valence-corrected chi connectivity index (χ1v) is 10.6. The number of anilines is 3. The molecule has 7 heteroatoms. The molecule has 0 amide bonds. The molecule has 0 atom stereocenters. The van der Waals surface area contributed by atoms with Crippen molar-refractivity contribution in [3.63, 3.8) is 0 Å². The maximum absolute atomic E-state index is 6.01. The number of methoxy groups -OCH3 is 1. The van der Waals surface area contributed by atoms with E-state index >= 15 is 0 Å². The molecule has 0 unspecified atom stereocenters. The first-order chi connectivity index (χ1) is 15.5. The standard InChI is InChI=1S/C25H26N6O/c1-15-18(9-7-16-14-27-21-10-8-17(32-3)13-20(16)21)24(30-25(26)28-15)29-22-5-4-6-23-19(22)11-12-31(23)2/h4-6,8,10-14,27H,7,9H2,1-3H3,(H3,26,28,29,30). The van der Waals surface area contributed by atoms with Crippen LogP contribution in [-0.4, -0.2) is 26.6 Å². The monoisotopic (exact) mass is 426 g/mol. The molecule has 0 saturated heterocycles. The zero-order valence-electron chi connectivity index (χ0n) is 18.4. The van der Waals surface area contributed by atoms with Gasteiger partial charge in [0.05, 0.1) is 7.11 Å². The highest BCUT2D eigenvalue weighted by atomic mass is 16.5. The number of rotatable bonds is 6. The molecule has 0 spiro atoms. The first kappa shape index (κ1) is 19.9. The van der Waals surface area contributed by atoms with E-state index in [1.165, 1.54) is 10.9 Å². The number of benzene rings is 2. The van der Waals surface area contributed by atoms with E-state index in [1.807, 2.05) is 32.2 Å². The van der Waals surface area contributed by atoms with Crippen molar-refractivity contribution in [2.75, 3.05) is 18.2 Å². The number of aromatic amines is 1. The quantitative estimate of drug-likeness (QED) is 0.360. The van der Waals surface area contributed by atoms with Gasteiger partial charge in [0, 0.05) is 58.2 Å².